The van der Waals surface area contributed by atoms with Gasteiger partial charge in [-0.25, -0.2) is 9.67 Å². The van der Waals surface area contributed by atoms with Crippen molar-refractivity contribution in [2.24, 2.45) is 7.05 Å². The molecule has 8 heteroatoms. The van der Waals surface area contributed by atoms with Gasteiger partial charge in [0, 0.05) is 12.7 Å². The van der Waals surface area contributed by atoms with Gasteiger partial charge in [0.25, 0.3) is 0 Å². The highest BCUT2D eigenvalue weighted by atomic mass is 32.2. The Hall–Kier alpha value is -1.57. The first-order valence-electron chi connectivity index (χ1n) is 4.06. The summed E-state index contributed by atoms with van der Waals surface area (Å²) in [5, 5.41) is 11.9. The van der Waals surface area contributed by atoms with Crippen LogP contribution in [0, 0.1) is 13.0 Å². The Balaban J connectivity index is 2.28. The van der Waals surface area contributed by atoms with Gasteiger partial charge in [0.05, 0.1) is 0 Å². The molecule has 0 saturated carbocycles. The van der Waals surface area contributed by atoms with Crippen LogP contribution in [0.3, 0.4) is 0 Å². The SMILES string of the molecule is Cc1cc(Sc2nnnn2C)nc(F)n1. The zero-order valence-corrected chi connectivity index (χ0v) is 8.86. The van der Waals surface area contributed by atoms with Crippen LogP contribution in [0.5, 0.6) is 0 Å². The van der Waals surface area contributed by atoms with E-state index in [0.717, 1.165) is 0 Å². The highest BCUT2D eigenvalue weighted by Gasteiger charge is 2.08. The van der Waals surface area contributed by atoms with Crippen molar-refractivity contribution < 1.29 is 4.39 Å². The molecule has 78 valence electrons. The Morgan fingerprint density at radius 3 is 2.80 bits per heavy atom. The van der Waals surface area contributed by atoms with Crippen molar-refractivity contribution in [1.82, 2.24) is 30.2 Å². The maximum Gasteiger partial charge on any atom is 0.309 e. The molecule has 2 aromatic heterocycles. The number of nitrogens with zero attached hydrogens (tertiary/aromatic N) is 6. The first-order valence-corrected chi connectivity index (χ1v) is 4.88. The second kappa shape index (κ2) is 3.89. The average Bonchev–Trinajstić information content (AvgIpc) is 2.50. The van der Waals surface area contributed by atoms with E-state index in [1.807, 2.05) is 0 Å². The minimum atomic E-state index is -0.743. The predicted molar refractivity (Wildman–Crippen MR) is 49.6 cm³/mol. The van der Waals surface area contributed by atoms with Gasteiger partial charge in [-0.1, -0.05) is 0 Å². The Kier molecular flexibility index (Phi) is 2.58. The number of halogens is 1. The van der Waals surface area contributed by atoms with Gasteiger partial charge in [-0.15, -0.1) is 5.10 Å². The monoisotopic (exact) mass is 226 g/mol. The molecule has 0 aliphatic heterocycles. The lowest BCUT2D eigenvalue weighted by atomic mass is 10.5. The lowest BCUT2D eigenvalue weighted by molar-refractivity contribution is 0.522. The normalized spacial score (nSPS) is 10.6. The molecule has 0 saturated heterocycles. The third kappa shape index (κ3) is 2.27. The quantitative estimate of drug-likeness (QED) is 0.551. The van der Waals surface area contributed by atoms with E-state index in [-0.39, 0.29) is 0 Å². The van der Waals surface area contributed by atoms with Crippen molar-refractivity contribution in [3.63, 3.8) is 0 Å². The summed E-state index contributed by atoms with van der Waals surface area (Å²) >= 11 is 1.18. The topological polar surface area (TPSA) is 69.4 Å². The summed E-state index contributed by atoms with van der Waals surface area (Å²) in [6.07, 6.45) is -0.743. The molecule has 0 radical (unpaired) electrons. The van der Waals surface area contributed by atoms with Crippen LogP contribution in [0.1, 0.15) is 5.69 Å². The van der Waals surface area contributed by atoms with Crippen molar-refractivity contribution in [1.29, 1.82) is 0 Å². The van der Waals surface area contributed by atoms with Crippen LogP contribution in [-0.2, 0) is 7.05 Å². The van der Waals surface area contributed by atoms with Gasteiger partial charge in [0.15, 0.2) is 0 Å². The fourth-order valence-electron chi connectivity index (χ4n) is 0.958. The van der Waals surface area contributed by atoms with Gasteiger partial charge < -0.3 is 0 Å². The summed E-state index contributed by atoms with van der Waals surface area (Å²) in [5.41, 5.74) is 0.570. The number of aryl methyl sites for hydroxylation is 2. The lowest BCUT2D eigenvalue weighted by Gasteiger charge is -1.99. The molecule has 0 spiro atoms. The molecule has 2 aromatic rings. The summed E-state index contributed by atoms with van der Waals surface area (Å²) in [5.74, 6) is 0. The minimum absolute atomic E-state index is 0.484. The largest absolute Gasteiger partial charge is 0.309 e. The molecule has 0 N–H and O–H groups in total. The van der Waals surface area contributed by atoms with E-state index in [2.05, 4.69) is 25.5 Å². The van der Waals surface area contributed by atoms with Gasteiger partial charge in [0.1, 0.15) is 5.03 Å². The Bertz CT molecular complexity index is 464. The first kappa shape index (κ1) is 9.97. The minimum Gasteiger partial charge on any atom is -0.223 e. The standard InChI is InChI=1S/C7H7FN6S/c1-4-3-5(10-6(8)9-4)15-7-11-12-13-14(7)2/h3H,1-2H3. The number of aromatic nitrogens is 6. The fraction of sp³-hybridized carbons (Fsp3) is 0.286. The Morgan fingerprint density at radius 2 is 2.20 bits per heavy atom. The summed E-state index contributed by atoms with van der Waals surface area (Å²) in [6.45, 7) is 1.70. The molecular formula is C7H7FN6S. The van der Waals surface area contributed by atoms with Gasteiger partial charge in [-0.3, -0.25) is 0 Å². The van der Waals surface area contributed by atoms with Crippen LogP contribution < -0.4 is 0 Å². The third-order valence-electron chi connectivity index (χ3n) is 1.58. The second-order valence-electron chi connectivity index (χ2n) is 2.80. The van der Waals surface area contributed by atoms with Gasteiger partial charge in [-0.05, 0) is 35.2 Å². The van der Waals surface area contributed by atoms with Gasteiger partial charge >= 0.3 is 6.08 Å². The molecule has 0 aliphatic rings. The molecule has 0 unspecified atom stereocenters. The molecule has 0 aliphatic carbocycles. The zero-order chi connectivity index (χ0) is 10.8. The van der Waals surface area contributed by atoms with Gasteiger partial charge in [0.2, 0.25) is 5.16 Å². The molecule has 15 heavy (non-hydrogen) atoms. The van der Waals surface area contributed by atoms with Crippen LogP contribution in [0.25, 0.3) is 0 Å². The van der Waals surface area contributed by atoms with E-state index >= 15 is 0 Å². The van der Waals surface area contributed by atoms with Crippen LogP contribution in [0.15, 0.2) is 16.2 Å². The van der Waals surface area contributed by atoms with Crippen LogP contribution in [0.2, 0.25) is 0 Å². The predicted octanol–water partition coefficient (Wildman–Crippen LogP) is 0.599. The summed E-state index contributed by atoms with van der Waals surface area (Å²) in [7, 11) is 1.70. The molecule has 0 bridgehead atoms. The van der Waals surface area contributed by atoms with E-state index in [1.54, 1.807) is 20.0 Å². The van der Waals surface area contributed by atoms with Crippen LogP contribution in [-0.4, -0.2) is 30.2 Å². The highest BCUT2D eigenvalue weighted by molar-refractivity contribution is 7.99. The first-order chi connectivity index (χ1) is 7.15. The van der Waals surface area contributed by atoms with E-state index in [9.17, 15) is 4.39 Å². The third-order valence-corrected chi connectivity index (χ3v) is 2.53. The second-order valence-corrected chi connectivity index (χ2v) is 3.79. The maximum absolute atomic E-state index is 12.9. The summed E-state index contributed by atoms with van der Waals surface area (Å²) < 4.78 is 14.3. The van der Waals surface area contributed by atoms with Crippen molar-refractivity contribution in [2.45, 2.75) is 17.1 Å². The zero-order valence-electron chi connectivity index (χ0n) is 8.05. The van der Waals surface area contributed by atoms with Crippen molar-refractivity contribution >= 4 is 11.8 Å². The molecule has 0 aromatic carbocycles. The van der Waals surface area contributed by atoms with Crippen LogP contribution in [0.4, 0.5) is 4.39 Å². The number of rotatable bonds is 2. The van der Waals surface area contributed by atoms with Crippen molar-refractivity contribution in [3.05, 3.63) is 17.8 Å². The van der Waals surface area contributed by atoms with E-state index in [4.69, 9.17) is 0 Å². The number of tetrazole rings is 1. The maximum atomic E-state index is 12.9. The molecule has 2 heterocycles. The van der Waals surface area contributed by atoms with E-state index < -0.39 is 6.08 Å². The molecule has 2 rings (SSSR count). The van der Waals surface area contributed by atoms with Crippen molar-refractivity contribution in [2.75, 3.05) is 0 Å². The summed E-state index contributed by atoms with van der Waals surface area (Å²) in [4.78, 5) is 7.16. The van der Waals surface area contributed by atoms with Crippen molar-refractivity contribution in [3.8, 4) is 0 Å². The van der Waals surface area contributed by atoms with E-state index in [1.165, 1.54) is 16.4 Å². The Morgan fingerprint density at radius 1 is 1.40 bits per heavy atom. The molecule has 6 nitrogen and oxygen atoms in total. The fourth-order valence-corrected chi connectivity index (χ4v) is 1.74. The molecule has 0 atom stereocenters. The van der Waals surface area contributed by atoms with Gasteiger partial charge in [-0.2, -0.15) is 9.37 Å². The number of hydrogen-bond donors (Lipinski definition) is 0. The summed E-state index contributed by atoms with van der Waals surface area (Å²) in [6, 6.07) is 1.67. The lowest BCUT2D eigenvalue weighted by Crippen LogP contribution is -1.96. The van der Waals surface area contributed by atoms with E-state index in [0.29, 0.717) is 15.9 Å². The van der Waals surface area contributed by atoms with Crippen LogP contribution >= 0.6 is 11.8 Å². The number of hydrogen-bond acceptors (Lipinski definition) is 6. The highest BCUT2D eigenvalue weighted by Crippen LogP contribution is 2.22. The smallest absolute Gasteiger partial charge is 0.223 e. The molecular weight excluding hydrogens is 219 g/mol. The molecule has 0 fully saturated rings. The Labute approximate surface area is 88.9 Å². The average molecular weight is 226 g/mol. The molecule has 0 amide bonds.